The van der Waals surface area contributed by atoms with Gasteiger partial charge in [-0.1, -0.05) is 17.7 Å². The SMILES string of the molecule is CCOC(=O)c1c(NC(=O)NC(C2CCNCC2)S(=O)(=O)c2ccc(C)cc2)sc2c1CCCC2. The molecule has 1 atom stereocenters. The minimum absolute atomic E-state index is 0.186. The van der Waals surface area contributed by atoms with Crippen molar-refractivity contribution < 1.29 is 22.7 Å². The predicted octanol–water partition coefficient (Wildman–Crippen LogP) is 4.03. The largest absolute Gasteiger partial charge is 0.462 e. The highest BCUT2D eigenvalue weighted by Crippen LogP contribution is 2.38. The summed E-state index contributed by atoms with van der Waals surface area (Å²) >= 11 is 1.38. The van der Waals surface area contributed by atoms with Crippen LogP contribution in [0.1, 0.15) is 59.0 Å². The van der Waals surface area contributed by atoms with Gasteiger partial charge in [-0.15, -0.1) is 11.3 Å². The number of aryl methyl sites for hydroxylation is 2. The van der Waals surface area contributed by atoms with Crippen LogP contribution in [0.3, 0.4) is 0 Å². The molecular formula is C25H33N3O5S2. The van der Waals surface area contributed by atoms with Crippen LogP contribution in [0.25, 0.3) is 0 Å². The molecule has 1 unspecified atom stereocenters. The third kappa shape index (κ3) is 5.70. The van der Waals surface area contributed by atoms with Gasteiger partial charge < -0.3 is 15.4 Å². The van der Waals surface area contributed by atoms with Crippen molar-refractivity contribution in [1.82, 2.24) is 10.6 Å². The molecule has 3 N–H and O–H groups in total. The van der Waals surface area contributed by atoms with Crippen molar-refractivity contribution >= 4 is 38.2 Å². The van der Waals surface area contributed by atoms with E-state index in [1.165, 1.54) is 11.3 Å². The fourth-order valence-corrected chi connectivity index (χ4v) is 7.93. The van der Waals surface area contributed by atoms with Crippen LogP contribution in [0, 0.1) is 12.8 Å². The van der Waals surface area contributed by atoms with E-state index in [1.54, 1.807) is 31.2 Å². The van der Waals surface area contributed by atoms with Crippen molar-refractivity contribution in [3.8, 4) is 0 Å². The first-order valence-corrected chi connectivity index (χ1v) is 14.6. The molecule has 1 aliphatic carbocycles. The Morgan fingerprint density at radius 3 is 2.51 bits per heavy atom. The van der Waals surface area contributed by atoms with Gasteiger partial charge in [0.15, 0.2) is 9.84 Å². The average Bonchev–Trinajstić information content (AvgIpc) is 3.21. The zero-order chi connectivity index (χ0) is 25.0. The number of hydrogen-bond donors (Lipinski definition) is 3. The molecule has 4 rings (SSSR count). The molecule has 1 aliphatic heterocycles. The molecule has 0 saturated carbocycles. The summed E-state index contributed by atoms with van der Waals surface area (Å²) in [6.07, 6.45) is 4.91. The number of ether oxygens (including phenoxy) is 1. The first-order chi connectivity index (χ1) is 16.8. The summed E-state index contributed by atoms with van der Waals surface area (Å²) < 4.78 is 32.5. The number of fused-ring (bicyclic) bond motifs is 1. The van der Waals surface area contributed by atoms with Crippen molar-refractivity contribution in [3.05, 3.63) is 45.8 Å². The monoisotopic (exact) mass is 519 g/mol. The molecule has 1 fully saturated rings. The van der Waals surface area contributed by atoms with Crippen LogP contribution >= 0.6 is 11.3 Å². The molecule has 0 radical (unpaired) electrons. The van der Waals surface area contributed by atoms with E-state index in [9.17, 15) is 18.0 Å². The summed E-state index contributed by atoms with van der Waals surface area (Å²) in [7, 11) is -3.83. The Hall–Kier alpha value is -2.43. The van der Waals surface area contributed by atoms with E-state index in [-0.39, 0.29) is 17.4 Å². The van der Waals surface area contributed by atoms with Crippen molar-refractivity contribution in [2.45, 2.75) is 62.6 Å². The average molecular weight is 520 g/mol. The molecule has 2 amide bonds. The fraction of sp³-hybridized carbons (Fsp3) is 0.520. The Kier molecular flexibility index (Phi) is 8.13. The van der Waals surface area contributed by atoms with Gasteiger partial charge in [0.05, 0.1) is 17.1 Å². The maximum atomic E-state index is 13.6. The van der Waals surface area contributed by atoms with Gasteiger partial charge in [-0.25, -0.2) is 18.0 Å². The summed E-state index contributed by atoms with van der Waals surface area (Å²) in [4.78, 5) is 27.2. The van der Waals surface area contributed by atoms with Gasteiger partial charge in [-0.3, -0.25) is 5.32 Å². The Balaban J connectivity index is 1.61. The number of thiophene rings is 1. The van der Waals surface area contributed by atoms with Crippen molar-refractivity contribution in [3.63, 3.8) is 0 Å². The van der Waals surface area contributed by atoms with Crippen molar-refractivity contribution in [2.75, 3.05) is 25.0 Å². The van der Waals surface area contributed by atoms with Gasteiger partial charge in [0.25, 0.3) is 0 Å². The van der Waals surface area contributed by atoms with Gasteiger partial charge in [-0.05, 0) is 89.1 Å². The van der Waals surface area contributed by atoms with Gasteiger partial charge in [0.2, 0.25) is 0 Å². The number of urea groups is 1. The van der Waals surface area contributed by atoms with Crippen LogP contribution in [0.4, 0.5) is 9.80 Å². The van der Waals surface area contributed by atoms with E-state index in [0.717, 1.165) is 41.7 Å². The van der Waals surface area contributed by atoms with Crippen LogP contribution in [0.2, 0.25) is 0 Å². The van der Waals surface area contributed by atoms with Crippen LogP contribution in [0.15, 0.2) is 29.2 Å². The molecule has 2 aliphatic rings. The second-order valence-corrected chi connectivity index (χ2v) is 12.3. The van der Waals surface area contributed by atoms with E-state index >= 15 is 0 Å². The minimum atomic E-state index is -3.83. The normalized spacial score (nSPS) is 17.3. The highest BCUT2D eigenvalue weighted by molar-refractivity contribution is 7.92. The number of sulfone groups is 1. The maximum absolute atomic E-state index is 13.6. The van der Waals surface area contributed by atoms with Gasteiger partial charge in [0.1, 0.15) is 10.4 Å². The van der Waals surface area contributed by atoms with Crippen LogP contribution < -0.4 is 16.0 Å². The van der Waals surface area contributed by atoms with Crippen LogP contribution in [-0.2, 0) is 27.4 Å². The van der Waals surface area contributed by atoms with Gasteiger partial charge in [0, 0.05) is 4.88 Å². The zero-order valence-electron chi connectivity index (χ0n) is 20.2. The fourth-order valence-electron chi connectivity index (χ4n) is 4.81. The van der Waals surface area contributed by atoms with E-state index < -0.39 is 27.2 Å². The predicted molar refractivity (Wildman–Crippen MR) is 137 cm³/mol. The summed E-state index contributed by atoms with van der Waals surface area (Å²) in [6, 6.07) is 6.06. The molecule has 8 nitrogen and oxygen atoms in total. The number of carbonyl (C=O) groups excluding carboxylic acids is 2. The topological polar surface area (TPSA) is 114 Å². The van der Waals surface area contributed by atoms with E-state index in [4.69, 9.17) is 4.74 Å². The third-order valence-corrected chi connectivity index (χ3v) is 9.95. The third-order valence-electron chi connectivity index (χ3n) is 6.65. The minimum Gasteiger partial charge on any atom is -0.462 e. The summed E-state index contributed by atoms with van der Waals surface area (Å²) in [5.41, 5.74) is 2.31. The number of esters is 1. The quantitative estimate of drug-likeness (QED) is 0.476. The Morgan fingerprint density at radius 1 is 1.14 bits per heavy atom. The van der Waals surface area contributed by atoms with E-state index in [1.807, 2.05) is 6.92 Å². The number of amides is 2. The molecule has 2 heterocycles. The summed E-state index contributed by atoms with van der Waals surface area (Å²) in [5, 5.41) is 8.15. The number of benzene rings is 1. The van der Waals surface area contributed by atoms with Gasteiger partial charge >= 0.3 is 12.0 Å². The second kappa shape index (κ2) is 11.1. The number of hydrogen-bond acceptors (Lipinski definition) is 7. The molecule has 190 valence electrons. The van der Waals surface area contributed by atoms with E-state index in [0.29, 0.717) is 36.5 Å². The number of carbonyl (C=O) groups is 2. The second-order valence-electron chi connectivity index (χ2n) is 9.10. The molecule has 2 aromatic rings. The highest BCUT2D eigenvalue weighted by atomic mass is 32.2. The lowest BCUT2D eigenvalue weighted by atomic mass is 9.95. The highest BCUT2D eigenvalue weighted by Gasteiger charge is 2.37. The lowest BCUT2D eigenvalue weighted by Gasteiger charge is -2.31. The molecule has 1 aromatic heterocycles. The van der Waals surface area contributed by atoms with Crippen LogP contribution in [0.5, 0.6) is 0 Å². The van der Waals surface area contributed by atoms with E-state index in [2.05, 4.69) is 16.0 Å². The Labute approximate surface area is 210 Å². The zero-order valence-corrected chi connectivity index (χ0v) is 21.8. The van der Waals surface area contributed by atoms with Gasteiger partial charge in [-0.2, -0.15) is 0 Å². The van der Waals surface area contributed by atoms with Crippen molar-refractivity contribution in [2.24, 2.45) is 5.92 Å². The molecular weight excluding hydrogens is 486 g/mol. The van der Waals surface area contributed by atoms with Crippen LogP contribution in [-0.4, -0.2) is 45.5 Å². The molecule has 0 spiro atoms. The van der Waals surface area contributed by atoms with Crippen molar-refractivity contribution in [1.29, 1.82) is 0 Å². The first-order valence-electron chi connectivity index (χ1n) is 12.2. The molecule has 1 saturated heterocycles. The molecule has 35 heavy (non-hydrogen) atoms. The lowest BCUT2D eigenvalue weighted by molar-refractivity contribution is 0.0526. The Morgan fingerprint density at radius 2 is 1.83 bits per heavy atom. The summed E-state index contributed by atoms with van der Waals surface area (Å²) in [6.45, 7) is 5.27. The Bertz CT molecular complexity index is 1170. The standard InChI is InChI=1S/C25H33N3O5S2/c1-3-33-24(29)21-19-6-4-5-7-20(19)34-22(21)27-25(30)28-23(17-12-14-26-15-13-17)35(31,32)18-10-8-16(2)9-11-18/h8-11,17,23,26H,3-7,12-15H2,1-2H3,(H2,27,28,30). The smallest absolute Gasteiger partial charge is 0.341 e. The molecule has 1 aromatic carbocycles. The maximum Gasteiger partial charge on any atom is 0.341 e. The molecule has 0 bridgehead atoms. The lowest BCUT2D eigenvalue weighted by Crippen LogP contribution is -2.50. The first kappa shape index (κ1) is 25.7. The number of rotatable bonds is 7. The number of nitrogens with one attached hydrogen (secondary N) is 3. The molecule has 10 heteroatoms. The number of piperidine rings is 1. The number of anilines is 1. The summed E-state index contributed by atoms with van der Waals surface area (Å²) in [5.74, 6) is -0.682.